The van der Waals surface area contributed by atoms with Gasteiger partial charge in [0.25, 0.3) is 0 Å². The summed E-state index contributed by atoms with van der Waals surface area (Å²) in [6.07, 6.45) is 15.6. The third-order valence-corrected chi connectivity index (χ3v) is 9.58. The fraction of sp³-hybridized carbons (Fsp3) is 0.917. The van der Waals surface area contributed by atoms with Crippen LogP contribution < -0.4 is 0 Å². The summed E-state index contributed by atoms with van der Waals surface area (Å²) >= 11 is 0. The molecule has 0 amide bonds. The number of hydrogen-bond donors (Lipinski definition) is 1. The average Bonchev–Trinajstić information content (AvgIpc) is 2.93. The highest BCUT2D eigenvalue weighted by Crippen LogP contribution is 2.67. The second-order valence-electron chi connectivity index (χ2n) is 10.7. The van der Waals surface area contributed by atoms with Gasteiger partial charge in [-0.25, -0.2) is 0 Å². The van der Waals surface area contributed by atoms with Crippen LogP contribution in [0.5, 0.6) is 0 Å². The zero-order valence-electron chi connectivity index (χ0n) is 17.1. The summed E-state index contributed by atoms with van der Waals surface area (Å²) in [5.41, 5.74) is 2.62. The molecule has 8 atom stereocenters. The molecule has 3 fully saturated rings. The zero-order chi connectivity index (χ0) is 17.8. The molecule has 4 aliphatic carbocycles. The Bertz CT molecular complexity index is 536. The highest BCUT2D eigenvalue weighted by atomic mass is 16.3. The number of aliphatic hydroxyl groups excluding tert-OH is 1. The van der Waals surface area contributed by atoms with Crippen LogP contribution in [0.3, 0.4) is 0 Å². The predicted octanol–water partition coefficient (Wildman–Crippen LogP) is 6.36. The lowest BCUT2D eigenvalue weighted by atomic mass is 9.47. The molecule has 1 nitrogen and oxygen atoms in total. The molecule has 0 aromatic carbocycles. The van der Waals surface area contributed by atoms with Crippen LogP contribution in [0.1, 0.15) is 91.9 Å². The van der Waals surface area contributed by atoms with Gasteiger partial charge in [0.05, 0.1) is 6.10 Å². The molecule has 3 saturated carbocycles. The molecule has 0 radical (unpaired) electrons. The van der Waals surface area contributed by atoms with Crippen molar-refractivity contribution in [3.63, 3.8) is 0 Å². The summed E-state index contributed by atoms with van der Waals surface area (Å²) in [5, 5.41) is 10.2. The van der Waals surface area contributed by atoms with E-state index in [1.54, 1.807) is 5.57 Å². The SMILES string of the molecule is CCCC(C)C1CCC2C3CC=C4C[C@@H](O)CC[C@]4(C)C3CC[C@]12C. The maximum absolute atomic E-state index is 10.2. The Kier molecular flexibility index (Phi) is 4.63. The Balaban J connectivity index is 1.60. The molecule has 0 heterocycles. The Hall–Kier alpha value is -0.300. The third kappa shape index (κ3) is 2.67. The minimum absolute atomic E-state index is 0.0736. The Morgan fingerprint density at radius 2 is 1.92 bits per heavy atom. The number of hydrogen-bond acceptors (Lipinski definition) is 1. The zero-order valence-corrected chi connectivity index (χ0v) is 17.1. The summed E-state index contributed by atoms with van der Waals surface area (Å²) in [5.74, 6) is 4.63. The van der Waals surface area contributed by atoms with E-state index in [1.807, 2.05) is 0 Å². The lowest BCUT2D eigenvalue weighted by Gasteiger charge is -2.58. The van der Waals surface area contributed by atoms with Crippen LogP contribution >= 0.6 is 0 Å². The standard InChI is InChI=1S/C24H40O/c1-5-6-16(2)20-9-10-21-19-8-7-17-15-18(25)11-13-23(17,3)22(19)12-14-24(20,21)4/h7,16,18-22,25H,5-6,8-15H2,1-4H3/t16?,18-,19?,20?,21?,22?,23-,24+/m0/s1. The highest BCUT2D eigenvalue weighted by Gasteiger charge is 2.58. The van der Waals surface area contributed by atoms with Crippen molar-refractivity contribution in [2.75, 3.05) is 0 Å². The van der Waals surface area contributed by atoms with Crippen molar-refractivity contribution in [2.45, 2.75) is 98.0 Å². The van der Waals surface area contributed by atoms with Crippen molar-refractivity contribution in [1.29, 1.82) is 0 Å². The van der Waals surface area contributed by atoms with Crippen molar-refractivity contribution in [1.82, 2.24) is 0 Å². The molecule has 1 heteroatoms. The fourth-order valence-electron chi connectivity index (χ4n) is 8.27. The summed E-state index contributed by atoms with van der Waals surface area (Å²) in [4.78, 5) is 0. The Morgan fingerprint density at radius 3 is 2.68 bits per heavy atom. The van der Waals surface area contributed by atoms with Gasteiger partial charge in [-0.05, 0) is 91.8 Å². The normalized spacial score (nSPS) is 50.4. The van der Waals surface area contributed by atoms with Crippen LogP contribution in [-0.2, 0) is 0 Å². The second kappa shape index (κ2) is 6.39. The minimum Gasteiger partial charge on any atom is -0.393 e. The molecule has 142 valence electrons. The van der Waals surface area contributed by atoms with Gasteiger partial charge in [0, 0.05) is 0 Å². The smallest absolute Gasteiger partial charge is 0.0577 e. The lowest BCUT2D eigenvalue weighted by molar-refractivity contribution is -0.0571. The molecule has 1 N–H and O–H groups in total. The van der Waals surface area contributed by atoms with Crippen molar-refractivity contribution in [2.24, 2.45) is 40.4 Å². The number of fused-ring (bicyclic) bond motifs is 5. The molecule has 5 unspecified atom stereocenters. The first-order valence-corrected chi connectivity index (χ1v) is 11.3. The van der Waals surface area contributed by atoms with E-state index in [9.17, 15) is 5.11 Å². The van der Waals surface area contributed by atoms with Gasteiger partial charge in [-0.1, -0.05) is 52.2 Å². The van der Waals surface area contributed by atoms with Gasteiger partial charge >= 0.3 is 0 Å². The van der Waals surface area contributed by atoms with Crippen molar-refractivity contribution < 1.29 is 5.11 Å². The van der Waals surface area contributed by atoms with E-state index in [0.29, 0.717) is 10.8 Å². The van der Waals surface area contributed by atoms with Gasteiger partial charge in [-0.15, -0.1) is 0 Å². The van der Waals surface area contributed by atoms with Gasteiger partial charge in [-0.2, -0.15) is 0 Å². The molecule has 0 aromatic heterocycles. The van der Waals surface area contributed by atoms with Crippen molar-refractivity contribution in [3.05, 3.63) is 11.6 Å². The topological polar surface area (TPSA) is 20.2 Å². The van der Waals surface area contributed by atoms with Crippen LogP contribution in [0.25, 0.3) is 0 Å². The maximum atomic E-state index is 10.2. The van der Waals surface area contributed by atoms with Gasteiger partial charge in [0.15, 0.2) is 0 Å². The minimum atomic E-state index is -0.0736. The van der Waals surface area contributed by atoms with E-state index in [2.05, 4.69) is 33.8 Å². The van der Waals surface area contributed by atoms with Crippen molar-refractivity contribution in [3.8, 4) is 0 Å². The fourth-order valence-corrected chi connectivity index (χ4v) is 8.27. The van der Waals surface area contributed by atoms with Crippen LogP contribution in [0.4, 0.5) is 0 Å². The van der Waals surface area contributed by atoms with Crippen molar-refractivity contribution >= 4 is 0 Å². The first-order chi connectivity index (χ1) is 11.9. The molecular weight excluding hydrogens is 304 g/mol. The Morgan fingerprint density at radius 1 is 1.12 bits per heavy atom. The van der Waals surface area contributed by atoms with E-state index in [0.717, 1.165) is 42.4 Å². The number of rotatable bonds is 3. The lowest BCUT2D eigenvalue weighted by Crippen LogP contribution is -2.50. The van der Waals surface area contributed by atoms with E-state index in [-0.39, 0.29) is 6.10 Å². The first kappa shape index (κ1) is 18.1. The molecule has 0 aromatic rings. The molecule has 4 rings (SSSR count). The number of aliphatic hydroxyl groups is 1. The molecule has 0 aliphatic heterocycles. The Labute approximate surface area is 155 Å². The summed E-state index contributed by atoms with van der Waals surface area (Å²) in [7, 11) is 0. The summed E-state index contributed by atoms with van der Waals surface area (Å²) in [6.45, 7) is 10.1. The van der Waals surface area contributed by atoms with Crippen LogP contribution in [0.15, 0.2) is 11.6 Å². The monoisotopic (exact) mass is 344 g/mol. The van der Waals surface area contributed by atoms with E-state index >= 15 is 0 Å². The molecule has 0 bridgehead atoms. The third-order valence-electron chi connectivity index (χ3n) is 9.58. The quantitative estimate of drug-likeness (QED) is 0.590. The van der Waals surface area contributed by atoms with E-state index in [4.69, 9.17) is 0 Å². The average molecular weight is 345 g/mol. The largest absolute Gasteiger partial charge is 0.393 e. The van der Waals surface area contributed by atoms with Gasteiger partial charge in [-0.3, -0.25) is 0 Å². The van der Waals surface area contributed by atoms with Crippen LogP contribution in [0.2, 0.25) is 0 Å². The van der Waals surface area contributed by atoms with Gasteiger partial charge in [0.1, 0.15) is 0 Å². The molecule has 0 saturated heterocycles. The molecular formula is C24H40O. The second-order valence-corrected chi connectivity index (χ2v) is 10.7. The van der Waals surface area contributed by atoms with Crippen LogP contribution in [-0.4, -0.2) is 11.2 Å². The van der Waals surface area contributed by atoms with Crippen LogP contribution in [0, 0.1) is 40.4 Å². The van der Waals surface area contributed by atoms with Gasteiger partial charge in [0.2, 0.25) is 0 Å². The maximum Gasteiger partial charge on any atom is 0.0577 e. The summed E-state index contributed by atoms with van der Waals surface area (Å²) in [6, 6.07) is 0. The van der Waals surface area contributed by atoms with E-state index < -0.39 is 0 Å². The highest BCUT2D eigenvalue weighted by molar-refractivity contribution is 5.25. The first-order valence-electron chi connectivity index (χ1n) is 11.3. The summed E-state index contributed by atoms with van der Waals surface area (Å²) < 4.78 is 0. The predicted molar refractivity (Wildman–Crippen MR) is 105 cm³/mol. The molecule has 0 spiro atoms. The van der Waals surface area contributed by atoms with E-state index in [1.165, 1.54) is 51.4 Å². The van der Waals surface area contributed by atoms with Gasteiger partial charge < -0.3 is 5.11 Å². The molecule has 25 heavy (non-hydrogen) atoms. The number of allylic oxidation sites excluding steroid dienone is 1. The molecule has 4 aliphatic rings.